The number of aryl methyl sites for hydroxylation is 1. The molecule has 3 aromatic rings. The predicted octanol–water partition coefficient (Wildman–Crippen LogP) is 2.34. The summed E-state index contributed by atoms with van der Waals surface area (Å²) in [6.07, 6.45) is 1.60. The summed E-state index contributed by atoms with van der Waals surface area (Å²) in [7, 11) is 2.16. The molecule has 0 atom stereocenters. The zero-order chi connectivity index (χ0) is 24.7. The first-order chi connectivity index (χ1) is 16.2. The van der Waals surface area contributed by atoms with Crippen LogP contribution in [0.5, 0.6) is 0 Å². The molecule has 1 aliphatic rings. The average Bonchev–Trinajstić information content (AvgIpc) is 3.27. The molecule has 2 N–H and O–H groups in total. The van der Waals surface area contributed by atoms with Crippen LogP contribution in [0.25, 0.3) is 0 Å². The third-order valence-corrected chi connectivity index (χ3v) is 5.33. The molecule has 10 heteroatoms. The largest absolute Gasteiger partial charge is 0.478 e. The van der Waals surface area contributed by atoms with Crippen LogP contribution < -0.4 is 4.90 Å². The number of benzene rings is 2. The highest BCUT2D eigenvalue weighted by molar-refractivity contribution is 5.94. The van der Waals surface area contributed by atoms with Crippen molar-refractivity contribution in [1.29, 1.82) is 5.26 Å². The molecule has 4 rings (SSSR count). The lowest BCUT2D eigenvalue weighted by Crippen LogP contribution is -2.44. The predicted molar refractivity (Wildman–Crippen MR) is 125 cm³/mol. The first-order valence-electron chi connectivity index (χ1n) is 10.7. The Morgan fingerprint density at radius 2 is 1.68 bits per heavy atom. The van der Waals surface area contributed by atoms with Crippen LogP contribution in [0.1, 0.15) is 37.7 Å². The fourth-order valence-corrected chi connectivity index (χ4v) is 3.56. The van der Waals surface area contributed by atoms with Crippen molar-refractivity contribution in [2.24, 2.45) is 0 Å². The van der Waals surface area contributed by atoms with Gasteiger partial charge in [-0.25, -0.2) is 19.3 Å². The molecule has 0 amide bonds. The van der Waals surface area contributed by atoms with Crippen molar-refractivity contribution in [3.8, 4) is 6.07 Å². The van der Waals surface area contributed by atoms with Crippen molar-refractivity contribution >= 4 is 17.6 Å². The topological polar surface area (TPSA) is 136 Å². The average molecular weight is 463 g/mol. The second-order valence-electron chi connectivity index (χ2n) is 8.04. The van der Waals surface area contributed by atoms with Gasteiger partial charge in [-0.15, -0.1) is 5.10 Å². The molecule has 10 nitrogen and oxygen atoms in total. The van der Waals surface area contributed by atoms with Crippen LogP contribution in [0.3, 0.4) is 0 Å². The van der Waals surface area contributed by atoms with Crippen LogP contribution in [0.2, 0.25) is 0 Å². The van der Waals surface area contributed by atoms with Crippen LogP contribution >= 0.6 is 0 Å². The molecule has 0 radical (unpaired) electrons. The Balaban J connectivity index is 0.000000215. The van der Waals surface area contributed by atoms with Crippen LogP contribution in [0, 0.1) is 18.3 Å². The molecule has 2 heterocycles. The van der Waals surface area contributed by atoms with Crippen LogP contribution in [0.15, 0.2) is 48.8 Å². The lowest BCUT2D eigenvalue weighted by molar-refractivity contribution is 0.0696. The van der Waals surface area contributed by atoms with Gasteiger partial charge in [-0.1, -0.05) is 12.1 Å². The second kappa shape index (κ2) is 11.1. The molecular formula is C24H26N6O4. The summed E-state index contributed by atoms with van der Waals surface area (Å²) < 4.78 is 1.70. The Labute approximate surface area is 197 Å². The maximum absolute atomic E-state index is 10.5. The number of likely N-dealkylation sites (N-methyl/N-ethyl adjacent to an activating group) is 1. The minimum absolute atomic E-state index is 0.00241. The number of hydrogen-bond donors (Lipinski definition) is 2. The van der Waals surface area contributed by atoms with Gasteiger partial charge < -0.3 is 20.0 Å². The number of piperazine rings is 1. The van der Waals surface area contributed by atoms with E-state index in [4.69, 9.17) is 15.5 Å². The molecule has 0 aliphatic carbocycles. The van der Waals surface area contributed by atoms with E-state index in [1.807, 2.05) is 6.07 Å². The van der Waals surface area contributed by atoms with E-state index in [1.165, 1.54) is 23.4 Å². The van der Waals surface area contributed by atoms with Crippen molar-refractivity contribution in [3.05, 3.63) is 76.9 Å². The molecule has 0 unspecified atom stereocenters. The number of carbonyl (C=O) groups is 2. The maximum Gasteiger partial charge on any atom is 0.335 e. The van der Waals surface area contributed by atoms with E-state index >= 15 is 0 Å². The number of anilines is 1. The third-order valence-electron chi connectivity index (χ3n) is 5.33. The normalized spacial score (nSPS) is 13.5. The quantitative estimate of drug-likeness (QED) is 0.585. The van der Waals surface area contributed by atoms with E-state index in [0.29, 0.717) is 12.1 Å². The van der Waals surface area contributed by atoms with Crippen LogP contribution in [-0.2, 0) is 6.54 Å². The minimum atomic E-state index is -1.12. The van der Waals surface area contributed by atoms with Crippen LogP contribution in [0.4, 0.5) is 5.69 Å². The summed E-state index contributed by atoms with van der Waals surface area (Å²) in [4.78, 5) is 29.8. The zero-order valence-corrected chi connectivity index (χ0v) is 19.0. The van der Waals surface area contributed by atoms with Gasteiger partial charge in [0.05, 0.1) is 17.7 Å². The monoisotopic (exact) mass is 462 g/mol. The molecule has 0 spiro atoms. The number of aromatic nitrogens is 3. The van der Waals surface area contributed by atoms with Gasteiger partial charge in [0.1, 0.15) is 12.4 Å². The molecule has 34 heavy (non-hydrogen) atoms. The molecular weight excluding hydrogens is 436 g/mol. The SMILES string of the molecule is CN1CCN(c2cccc(Cn3cnc(C#N)n3)c2)CC1.Cc1cc(C(=O)O)cc(C(=O)O)c1. The molecule has 1 aliphatic heterocycles. The standard InChI is InChI=1S/C15H18N6.C9H8O4/c1-19-5-7-20(8-6-19)14-4-2-3-13(9-14)11-21-12-17-15(10-16)18-21;1-5-2-6(8(10)11)4-7(3-5)9(12)13/h2-4,9,12H,5-8,11H2,1H3;2-4H,1H3,(H,10,11)(H,12,13). The van der Waals surface area contributed by atoms with Gasteiger partial charge in [-0.2, -0.15) is 5.26 Å². The Hall–Kier alpha value is -4.23. The molecule has 0 saturated carbocycles. The molecule has 1 saturated heterocycles. The van der Waals surface area contributed by atoms with E-state index in [2.05, 4.69) is 51.2 Å². The number of carboxylic acids is 2. The van der Waals surface area contributed by atoms with Gasteiger partial charge in [0.25, 0.3) is 5.82 Å². The smallest absolute Gasteiger partial charge is 0.335 e. The van der Waals surface area contributed by atoms with Gasteiger partial charge in [0, 0.05) is 31.9 Å². The Morgan fingerprint density at radius 3 is 2.24 bits per heavy atom. The summed E-state index contributed by atoms with van der Waals surface area (Å²) >= 11 is 0. The Kier molecular flexibility index (Phi) is 7.95. The van der Waals surface area contributed by atoms with Gasteiger partial charge in [0.15, 0.2) is 0 Å². The number of rotatable bonds is 5. The van der Waals surface area contributed by atoms with Crippen LogP contribution in [-0.4, -0.2) is 75.0 Å². The zero-order valence-electron chi connectivity index (χ0n) is 19.0. The van der Waals surface area contributed by atoms with Gasteiger partial charge >= 0.3 is 11.9 Å². The lowest BCUT2D eigenvalue weighted by atomic mass is 10.1. The summed E-state index contributed by atoms with van der Waals surface area (Å²) in [5.41, 5.74) is 3.04. The maximum atomic E-state index is 10.5. The number of nitriles is 1. The van der Waals surface area contributed by atoms with E-state index in [9.17, 15) is 9.59 Å². The fourth-order valence-electron chi connectivity index (χ4n) is 3.56. The molecule has 1 aromatic heterocycles. The van der Waals surface area contributed by atoms with Crippen molar-refractivity contribution in [2.45, 2.75) is 13.5 Å². The number of nitrogens with zero attached hydrogens (tertiary/aromatic N) is 6. The highest BCUT2D eigenvalue weighted by Gasteiger charge is 2.14. The number of hydrogen-bond acceptors (Lipinski definition) is 7. The molecule has 0 bridgehead atoms. The van der Waals surface area contributed by atoms with Crippen molar-refractivity contribution < 1.29 is 19.8 Å². The van der Waals surface area contributed by atoms with Gasteiger partial charge in [0.2, 0.25) is 0 Å². The molecule has 2 aromatic carbocycles. The van der Waals surface area contributed by atoms with E-state index < -0.39 is 11.9 Å². The first-order valence-corrected chi connectivity index (χ1v) is 10.7. The number of carboxylic acid groups (broad SMARTS) is 2. The van der Waals surface area contributed by atoms with Gasteiger partial charge in [-0.05, 0) is 55.4 Å². The highest BCUT2D eigenvalue weighted by Crippen LogP contribution is 2.18. The third kappa shape index (κ3) is 6.63. The van der Waals surface area contributed by atoms with E-state index in [1.54, 1.807) is 17.9 Å². The van der Waals surface area contributed by atoms with Crippen molar-refractivity contribution in [2.75, 3.05) is 38.1 Å². The van der Waals surface area contributed by atoms with E-state index in [0.717, 1.165) is 32.2 Å². The summed E-state index contributed by atoms with van der Waals surface area (Å²) in [6.45, 7) is 6.59. The second-order valence-corrected chi connectivity index (χ2v) is 8.04. The van der Waals surface area contributed by atoms with Crippen molar-refractivity contribution in [1.82, 2.24) is 19.7 Å². The molecule has 1 fully saturated rings. The summed E-state index contributed by atoms with van der Waals surface area (Å²) in [5, 5.41) is 30.1. The minimum Gasteiger partial charge on any atom is -0.478 e. The highest BCUT2D eigenvalue weighted by atomic mass is 16.4. The van der Waals surface area contributed by atoms with Crippen molar-refractivity contribution in [3.63, 3.8) is 0 Å². The Morgan fingerprint density at radius 1 is 1.03 bits per heavy atom. The summed E-state index contributed by atoms with van der Waals surface area (Å²) in [6, 6.07) is 14.4. The van der Waals surface area contributed by atoms with E-state index in [-0.39, 0.29) is 17.0 Å². The first kappa shape index (κ1) is 24.4. The molecule has 176 valence electrons. The fraction of sp³-hybridized carbons (Fsp3) is 0.292. The number of aromatic carboxylic acids is 2. The Bertz CT molecular complexity index is 1180. The van der Waals surface area contributed by atoms with Gasteiger partial charge in [-0.3, -0.25) is 0 Å². The lowest BCUT2D eigenvalue weighted by Gasteiger charge is -2.34. The summed E-state index contributed by atoms with van der Waals surface area (Å²) in [5.74, 6) is -2.03.